The lowest BCUT2D eigenvalue weighted by molar-refractivity contribution is -0.387. The number of benzene rings is 2. The van der Waals surface area contributed by atoms with E-state index in [9.17, 15) is 23.7 Å². The van der Waals surface area contributed by atoms with Gasteiger partial charge in [0.05, 0.1) is 16.2 Å². The van der Waals surface area contributed by atoms with Gasteiger partial charge < -0.3 is 5.32 Å². The molecule has 2 aromatic carbocycles. The zero-order chi connectivity index (χ0) is 21.3. The van der Waals surface area contributed by atoms with Gasteiger partial charge in [0.1, 0.15) is 5.82 Å². The van der Waals surface area contributed by atoms with E-state index < -0.39 is 28.2 Å². The van der Waals surface area contributed by atoms with Gasteiger partial charge in [-0.25, -0.2) is 4.39 Å². The number of nitrogens with one attached hydrogen (secondary N) is 1. The second-order valence-corrected chi connectivity index (χ2v) is 7.59. The number of halogens is 2. The number of anilines is 1. The van der Waals surface area contributed by atoms with Crippen molar-refractivity contribution in [2.45, 2.75) is 24.0 Å². The number of hydrogen-bond donors (Lipinski definition) is 1. The van der Waals surface area contributed by atoms with Crippen molar-refractivity contribution in [1.29, 1.82) is 0 Å². The molecule has 1 aliphatic carbocycles. The van der Waals surface area contributed by atoms with E-state index in [0.717, 1.165) is 36.7 Å². The highest BCUT2D eigenvalue weighted by atomic mass is 32.2. The molecule has 0 radical (unpaired) electrons. The molecule has 1 aromatic heterocycles. The summed E-state index contributed by atoms with van der Waals surface area (Å²) >= 11 is 1.12. The summed E-state index contributed by atoms with van der Waals surface area (Å²) in [6.45, 7) is 0. The van der Waals surface area contributed by atoms with Crippen molar-refractivity contribution in [2.24, 2.45) is 0 Å². The highest BCUT2D eigenvalue weighted by Crippen LogP contribution is 2.41. The normalized spacial score (nSPS) is 13.3. The fourth-order valence-corrected chi connectivity index (χ4v) is 3.73. The van der Waals surface area contributed by atoms with Crippen molar-refractivity contribution >= 4 is 29.0 Å². The lowest BCUT2D eigenvalue weighted by Crippen LogP contribution is -2.15. The van der Waals surface area contributed by atoms with Crippen LogP contribution in [0.5, 0.6) is 0 Å². The predicted molar refractivity (Wildman–Crippen MR) is 106 cm³/mol. The molecule has 154 valence electrons. The lowest BCUT2D eigenvalue weighted by Gasteiger charge is -2.09. The molecule has 1 N–H and O–H groups in total. The fourth-order valence-electron chi connectivity index (χ4n) is 2.92. The van der Waals surface area contributed by atoms with Crippen LogP contribution in [0.1, 0.15) is 18.9 Å². The van der Waals surface area contributed by atoms with E-state index in [1.807, 2.05) is 4.57 Å². The van der Waals surface area contributed by atoms with E-state index in [2.05, 4.69) is 15.5 Å². The minimum Gasteiger partial charge on any atom is -0.325 e. The minimum atomic E-state index is -0.981. The Morgan fingerprint density at radius 1 is 1.20 bits per heavy atom. The Bertz CT molecular complexity index is 1130. The van der Waals surface area contributed by atoms with Gasteiger partial charge in [-0.2, -0.15) is 4.39 Å². The molecule has 0 unspecified atom stereocenters. The molecule has 0 aliphatic heterocycles. The van der Waals surface area contributed by atoms with E-state index in [4.69, 9.17) is 0 Å². The largest absolute Gasteiger partial charge is 0.325 e. The van der Waals surface area contributed by atoms with Crippen molar-refractivity contribution in [3.8, 4) is 11.4 Å². The third-order valence-electron chi connectivity index (χ3n) is 4.45. The molecule has 3 aromatic rings. The maximum atomic E-state index is 14.2. The van der Waals surface area contributed by atoms with E-state index in [0.29, 0.717) is 16.5 Å². The van der Waals surface area contributed by atoms with Gasteiger partial charge >= 0.3 is 5.69 Å². The average molecular weight is 431 g/mol. The Morgan fingerprint density at radius 2 is 1.97 bits per heavy atom. The van der Waals surface area contributed by atoms with Crippen LogP contribution in [0.2, 0.25) is 0 Å². The predicted octanol–water partition coefficient (Wildman–Crippen LogP) is 4.20. The molecule has 1 aliphatic rings. The molecule has 0 bridgehead atoms. The Morgan fingerprint density at radius 3 is 2.67 bits per heavy atom. The summed E-state index contributed by atoms with van der Waals surface area (Å²) in [7, 11) is 0. The number of carbonyl (C=O) groups excluding carboxylic acids is 1. The third kappa shape index (κ3) is 4.15. The molecule has 30 heavy (non-hydrogen) atoms. The molecular weight excluding hydrogens is 416 g/mol. The maximum Gasteiger partial charge on any atom is 0.306 e. The van der Waals surface area contributed by atoms with Gasteiger partial charge in [0.25, 0.3) is 0 Å². The van der Waals surface area contributed by atoms with Crippen molar-refractivity contribution in [1.82, 2.24) is 14.8 Å². The second-order valence-electron chi connectivity index (χ2n) is 6.65. The third-order valence-corrected chi connectivity index (χ3v) is 5.39. The summed E-state index contributed by atoms with van der Waals surface area (Å²) in [4.78, 5) is 22.2. The van der Waals surface area contributed by atoms with Gasteiger partial charge in [0.2, 0.25) is 11.7 Å². The quantitative estimate of drug-likeness (QED) is 0.342. The highest BCUT2D eigenvalue weighted by Gasteiger charge is 2.31. The summed E-state index contributed by atoms with van der Waals surface area (Å²) in [5.74, 6) is -1.47. The Kier molecular flexibility index (Phi) is 5.44. The van der Waals surface area contributed by atoms with E-state index >= 15 is 0 Å². The highest BCUT2D eigenvalue weighted by molar-refractivity contribution is 7.99. The van der Waals surface area contributed by atoms with Crippen LogP contribution in [0.3, 0.4) is 0 Å². The van der Waals surface area contributed by atoms with Gasteiger partial charge in [0, 0.05) is 17.8 Å². The van der Waals surface area contributed by atoms with E-state index in [1.165, 1.54) is 12.1 Å². The molecule has 1 fully saturated rings. The van der Waals surface area contributed by atoms with Gasteiger partial charge in [-0.1, -0.05) is 23.9 Å². The number of aromatic nitrogens is 3. The summed E-state index contributed by atoms with van der Waals surface area (Å²) < 4.78 is 29.4. The zero-order valence-electron chi connectivity index (χ0n) is 15.4. The van der Waals surface area contributed by atoms with E-state index in [-0.39, 0.29) is 17.5 Å². The first-order valence-electron chi connectivity index (χ1n) is 9.00. The summed E-state index contributed by atoms with van der Waals surface area (Å²) in [5, 5.41) is 22.0. The van der Waals surface area contributed by atoms with Gasteiger partial charge in [-0.05, 0) is 37.1 Å². The Balaban J connectivity index is 1.48. The number of amides is 1. The van der Waals surface area contributed by atoms with Crippen LogP contribution >= 0.6 is 11.8 Å². The smallest absolute Gasteiger partial charge is 0.306 e. The molecule has 1 saturated carbocycles. The molecule has 8 nitrogen and oxygen atoms in total. The number of hydrogen-bond acceptors (Lipinski definition) is 6. The van der Waals surface area contributed by atoms with Gasteiger partial charge in [0.15, 0.2) is 11.0 Å². The first-order chi connectivity index (χ1) is 14.4. The van der Waals surface area contributed by atoms with Crippen LogP contribution in [0, 0.1) is 21.7 Å². The van der Waals surface area contributed by atoms with Crippen molar-refractivity contribution < 1.29 is 18.5 Å². The van der Waals surface area contributed by atoms with Crippen LogP contribution < -0.4 is 5.32 Å². The zero-order valence-corrected chi connectivity index (χ0v) is 16.2. The molecule has 11 heteroatoms. The van der Waals surface area contributed by atoms with Crippen molar-refractivity contribution in [2.75, 3.05) is 11.1 Å². The molecule has 0 saturated heterocycles. The molecule has 1 heterocycles. The first kappa shape index (κ1) is 20.0. The number of thioether (sulfide) groups is 1. The summed E-state index contributed by atoms with van der Waals surface area (Å²) in [6.07, 6.45) is 1.83. The fraction of sp³-hybridized carbons (Fsp3) is 0.211. The molecular formula is C19H15F2N5O3S. The van der Waals surface area contributed by atoms with Gasteiger partial charge in [-0.3, -0.25) is 19.5 Å². The molecule has 4 rings (SSSR count). The van der Waals surface area contributed by atoms with Gasteiger partial charge in [-0.15, -0.1) is 10.2 Å². The minimum absolute atomic E-state index is 0.0483. The second kappa shape index (κ2) is 8.19. The molecule has 0 atom stereocenters. The Labute approximate surface area is 173 Å². The monoisotopic (exact) mass is 431 g/mol. The molecule has 1 amide bonds. The molecule has 0 spiro atoms. The Hall–Kier alpha value is -3.34. The number of rotatable bonds is 7. The summed E-state index contributed by atoms with van der Waals surface area (Å²) in [5.41, 5.74) is -0.264. The number of nitro groups is 1. The number of nitro benzene ring substituents is 1. The SMILES string of the molecule is O=C(CSc1nnc(-c2ccccc2F)n1C1CC1)Nc1ccc(F)c([N+](=O)[O-])c1. The first-order valence-corrected chi connectivity index (χ1v) is 9.99. The topological polar surface area (TPSA) is 103 Å². The van der Waals surface area contributed by atoms with Crippen molar-refractivity contribution in [3.63, 3.8) is 0 Å². The van der Waals surface area contributed by atoms with E-state index in [1.54, 1.807) is 18.2 Å². The van der Waals surface area contributed by atoms with Crippen LogP contribution in [0.15, 0.2) is 47.6 Å². The maximum absolute atomic E-state index is 14.2. The number of carbonyl (C=O) groups is 1. The van der Waals surface area contributed by atoms with Crippen LogP contribution in [-0.4, -0.2) is 31.3 Å². The van der Waals surface area contributed by atoms with Crippen molar-refractivity contribution in [3.05, 3.63) is 64.2 Å². The van der Waals surface area contributed by atoms with Crippen LogP contribution in [0.4, 0.5) is 20.2 Å². The summed E-state index contributed by atoms with van der Waals surface area (Å²) in [6, 6.07) is 9.56. The number of nitrogens with zero attached hydrogens (tertiary/aromatic N) is 4. The standard InChI is InChI=1S/C19H15F2N5O3S/c20-14-4-2-1-3-13(14)18-23-24-19(25(18)12-6-7-12)30-10-17(27)22-11-5-8-15(21)16(9-11)26(28)29/h1-5,8-9,12H,6-7,10H2,(H,22,27). The van der Waals surface area contributed by atoms with Crippen LogP contribution in [-0.2, 0) is 4.79 Å². The average Bonchev–Trinajstić information content (AvgIpc) is 3.47. The lowest BCUT2D eigenvalue weighted by atomic mass is 10.2. The van der Waals surface area contributed by atoms with Crippen LogP contribution in [0.25, 0.3) is 11.4 Å².